The van der Waals surface area contributed by atoms with Gasteiger partial charge >= 0.3 is 0 Å². The Hall–Kier alpha value is -0.725. The van der Waals surface area contributed by atoms with Gasteiger partial charge in [0.25, 0.3) is 0 Å². The van der Waals surface area contributed by atoms with E-state index in [9.17, 15) is 0 Å². The predicted octanol–water partition coefficient (Wildman–Crippen LogP) is 1.37. The summed E-state index contributed by atoms with van der Waals surface area (Å²) in [5.41, 5.74) is 2.62. The van der Waals surface area contributed by atoms with Gasteiger partial charge in [-0.2, -0.15) is 5.10 Å². The Morgan fingerprint density at radius 2 is 2.06 bits per heavy atom. The zero-order valence-electron chi connectivity index (χ0n) is 11.4. The summed E-state index contributed by atoms with van der Waals surface area (Å²) in [5.74, 6) is 2.08. The SMILES string of the molecule is Bc1cnn(C)c1.CC1C2CC2(C)C1(C)C. The van der Waals surface area contributed by atoms with Crippen LogP contribution in [0.4, 0.5) is 0 Å². The van der Waals surface area contributed by atoms with Crippen LogP contribution >= 0.6 is 0 Å². The Morgan fingerprint density at radius 3 is 2.19 bits per heavy atom. The topological polar surface area (TPSA) is 17.8 Å². The number of nitrogens with zero attached hydrogens (tertiary/aromatic N) is 2. The summed E-state index contributed by atoms with van der Waals surface area (Å²) in [7, 11) is 3.93. The lowest BCUT2D eigenvalue weighted by Crippen LogP contribution is -2.43. The third kappa shape index (κ3) is 1.52. The Balaban J connectivity index is 0.000000125. The molecule has 3 unspecified atom stereocenters. The molecule has 0 N–H and O–H groups in total. The van der Waals surface area contributed by atoms with Crippen molar-refractivity contribution in [3.63, 3.8) is 0 Å². The van der Waals surface area contributed by atoms with E-state index in [1.54, 1.807) is 4.68 Å². The number of hydrogen-bond acceptors (Lipinski definition) is 1. The van der Waals surface area contributed by atoms with E-state index in [4.69, 9.17) is 0 Å². The van der Waals surface area contributed by atoms with Gasteiger partial charge in [-0.05, 0) is 29.1 Å². The van der Waals surface area contributed by atoms with Gasteiger partial charge in [0.15, 0.2) is 0 Å². The molecule has 1 aromatic heterocycles. The summed E-state index contributed by atoms with van der Waals surface area (Å²) < 4.78 is 1.79. The highest BCUT2D eigenvalue weighted by atomic mass is 15.2. The summed E-state index contributed by atoms with van der Waals surface area (Å²) in [5, 5.41) is 3.93. The molecule has 2 aliphatic carbocycles. The van der Waals surface area contributed by atoms with Crippen LogP contribution in [0.3, 0.4) is 0 Å². The zero-order chi connectivity index (χ0) is 12.1. The molecule has 2 nitrogen and oxygen atoms in total. The second-order valence-corrected chi connectivity index (χ2v) is 6.43. The fourth-order valence-corrected chi connectivity index (χ4v) is 3.34. The largest absolute Gasteiger partial charge is 0.276 e. The first-order chi connectivity index (χ1) is 7.29. The van der Waals surface area contributed by atoms with Crippen LogP contribution in [0.15, 0.2) is 12.4 Å². The maximum Gasteiger partial charge on any atom is 0.143 e. The third-order valence-electron chi connectivity index (χ3n) is 5.35. The Labute approximate surface area is 99.8 Å². The molecule has 0 radical (unpaired) electrons. The van der Waals surface area contributed by atoms with Gasteiger partial charge in [0.05, 0.1) is 0 Å². The van der Waals surface area contributed by atoms with Crippen LogP contribution in [0, 0.1) is 22.7 Å². The lowest BCUT2D eigenvalue weighted by atomic mass is 9.56. The van der Waals surface area contributed by atoms with Gasteiger partial charge in [0, 0.05) is 19.4 Å². The van der Waals surface area contributed by atoms with Crippen molar-refractivity contribution in [3.05, 3.63) is 12.4 Å². The molecule has 2 saturated carbocycles. The quantitative estimate of drug-likeness (QED) is 0.601. The second kappa shape index (κ2) is 3.38. The average molecular weight is 218 g/mol. The van der Waals surface area contributed by atoms with Crippen molar-refractivity contribution >= 4 is 13.3 Å². The smallest absolute Gasteiger partial charge is 0.143 e. The van der Waals surface area contributed by atoms with Crippen LogP contribution in [0.2, 0.25) is 0 Å². The molecular weight excluding hydrogens is 195 g/mol. The zero-order valence-corrected chi connectivity index (χ0v) is 11.4. The van der Waals surface area contributed by atoms with E-state index in [0.29, 0.717) is 5.41 Å². The first-order valence-corrected chi connectivity index (χ1v) is 6.24. The molecule has 1 aromatic rings. The number of fused-ring (bicyclic) bond motifs is 1. The summed E-state index contributed by atoms with van der Waals surface area (Å²) in [6.45, 7) is 9.68. The number of aromatic nitrogens is 2. The first-order valence-electron chi connectivity index (χ1n) is 6.24. The van der Waals surface area contributed by atoms with Crippen LogP contribution < -0.4 is 5.46 Å². The molecule has 2 aliphatic rings. The highest BCUT2D eigenvalue weighted by Crippen LogP contribution is 2.79. The Bertz CT molecular complexity index is 380. The minimum Gasteiger partial charge on any atom is -0.276 e. The van der Waals surface area contributed by atoms with Crippen LogP contribution in [0.5, 0.6) is 0 Å². The number of aryl methyl sites for hydroxylation is 1. The van der Waals surface area contributed by atoms with Gasteiger partial charge in [-0.15, -0.1) is 0 Å². The first kappa shape index (κ1) is 11.8. The van der Waals surface area contributed by atoms with Crippen molar-refractivity contribution in [2.24, 2.45) is 29.7 Å². The molecular formula is C13H23BN2. The Morgan fingerprint density at radius 1 is 1.44 bits per heavy atom. The normalized spacial score (nSPS) is 37.8. The Kier molecular flexibility index (Phi) is 2.48. The van der Waals surface area contributed by atoms with Crippen LogP contribution in [0.25, 0.3) is 0 Å². The molecule has 3 atom stereocenters. The molecule has 0 bridgehead atoms. The monoisotopic (exact) mass is 218 g/mol. The van der Waals surface area contributed by atoms with E-state index in [2.05, 4.69) is 32.8 Å². The third-order valence-corrected chi connectivity index (χ3v) is 5.35. The minimum atomic E-state index is 0.650. The van der Waals surface area contributed by atoms with Gasteiger partial charge in [0.1, 0.15) is 7.85 Å². The number of hydrogen-bond donors (Lipinski definition) is 0. The predicted molar refractivity (Wildman–Crippen MR) is 70.5 cm³/mol. The fourth-order valence-electron chi connectivity index (χ4n) is 3.34. The maximum atomic E-state index is 3.93. The standard InChI is InChI=1S/C9H16.C4H7BN2/c1-6-7-5-9(7,4)8(6,2)3;1-7-3-4(5)2-6-7/h6-7H,5H2,1-4H3;2-3H,5H2,1H3. The van der Waals surface area contributed by atoms with E-state index >= 15 is 0 Å². The van der Waals surface area contributed by atoms with E-state index in [1.807, 2.05) is 27.3 Å². The minimum absolute atomic E-state index is 0.650. The van der Waals surface area contributed by atoms with Gasteiger partial charge < -0.3 is 0 Å². The molecule has 3 rings (SSSR count). The van der Waals surface area contributed by atoms with Gasteiger partial charge in [0.2, 0.25) is 0 Å². The van der Waals surface area contributed by atoms with Gasteiger partial charge in [-0.25, -0.2) is 0 Å². The van der Waals surface area contributed by atoms with E-state index < -0.39 is 0 Å². The molecule has 0 saturated heterocycles. The van der Waals surface area contributed by atoms with Crippen molar-refractivity contribution < 1.29 is 0 Å². The lowest BCUT2D eigenvalue weighted by molar-refractivity contribution is -0.00718. The molecule has 16 heavy (non-hydrogen) atoms. The molecule has 0 aromatic carbocycles. The van der Waals surface area contributed by atoms with Crippen molar-refractivity contribution in [2.45, 2.75) is 34.1 Å². The molecule has 1 heterocycles. The van der Waals surface area contributed by atoms with Crippen molar-refractivity contribution in [1.29, 1.82) is 0 Å². The van der Waals surface area contributed by atoms with Crippen LogP contribution in [-0.2, 0) is 7.05 Å². The fraction of sp³-hybridized carbons (Fsp3) is 0.769. The molecule has 0 amide bonds. The van der Waals surface area contributed by atoms with Crippen molar-refractivity contribution in [1.82, 2.24) is 9.78 Å². The second-order valence-electron chi connectivity index (χ2n) is 6.43. The molecule has 2 fully saturated rings. The lowest BCUT2D eigenvalue weighted by Gasteiger charge is -2.49. The van der Waals surface area contributed by atoms with E-state index in [1.165, 1.54) is 11.9 Å². The van der Waals surface area contributed by atoms with Crippen molar-refractivity contribution in [3.8, 4) is 0 Å². The molecule has 0 aliphatic heterocycles. The van der Waals surface area contributed by atoms with Crippen LogP contribution in [0.1, 0.15) is 34.1 Å². The van der Waals surface area contributed by atoms with Gasteiger partial charge in [-0.1, -0.05) is 33.2 Å². The van der Waals surface area contributed by atoms with Crippen LogP contribution in [-0.4, -0.2) is 17.6 Å². The van der Waals surface area contributed by atoms with E-state index in [0.717, 1.165) is 17.3 Å². The summed E-state index contributed by atoms with van der Waals surface area (Å²) in [4.78, 5) is 0. The molecule has 3 heteroatoms. The maximum absolute atomic E-state index is 3.93. The number of rotatable bonds is 0. The summed E-state index contributed by atoms with van der Waals surface area (Å²) in [6.07, 6.45) is 5.31. The summed E-state index contributed by atoms with van der Waals surface area (Å²) in [6, 6.07) is 0. The molecule has 88 valence electrons. The highest BCUT2D eigenvalue weighted by Gasteiger charge is 2.73. The molecule has 0 spiro atoms. The van der Waals surface area contributed by atoms with Gasteiger partial charge in [-0.3, -0.25) is 4.68 Å². The summed E-state index contributed by atoms with van der Waals surface area (Å²) >= 11 is 0. The van der Waals surface area contributed by atoms with Crippen molar-refractivity contribution in [2.75, 3.05) is 0 Å². The average Bonchev–Trinajstić information content (AvgIpc) is 2.72. The van der Waals surface area contributed by atoms with E-state index in [-0.39, 0.29) is 0 Å². The highest BCUT2D eigenvalue weighted by molar-refractivity contribution is 6.31.